The van der Waals surface area contributed by atoms with Crippen molar-refractivity contribution in [3.63, 3.8) is 0 Å². The molecule has 2 bridgehead atoms. The van der Waals surface area contributed by atoms with Crippen molar-refractivity contribution in [2.75, 3.05) is 27.2 Å². The zero-order valence-electron chi connectivity index (χ0n) is 8.01. The van der Waals surface area contributed by atoms with Gasteiger partial charge in [0.05, 0.1) is 0 Å². The van der Waals surface area contributed by atoms with Crippen molar-refractivity contribution >= 4 is 0 Å². The van der Waals surface area contributed by atoms with E-state index in [9.17, 15) is 0 Å². The average Bonchev–Trinajstić information content (AvgIpc) is 2.03. The number of nitrogens with one attached hydrogen (secondary N) is 2. The smallest absolute Gasteiger partial charge is 0.0210 e. The quantitative estimate of drug-likeness (QED) is 0.561. The van der Waals surface area contributed by atoms with Crippen molar-refractivity contribution in [1.29, 1.82) is 0 Å². The maximum atomic E-state index is 3.65. The third kappa shape index (κ3) is 1.63. The highest BCUT2D eigenvalue weighted by molar-refractivity contribution is 4.94. The first kappa shape index (κ1) is 8.48. The maximum absolute atomic E-state index is 3.65. The Morgan fingerprint density at radius 3 is 2.17 bits per heavy atom. The fourth-order valence-electron chi connectivity index (χ4n) is 2.36. The van der Waals surface area contributed by atoms with E-state index in [0.29, 0.717) is 12.1 Å². The minimum Gasteiger partial charge on any atom is -0.314 e. The molecule has 2 rings (SSSR count). The zero-order chi connectivity index (χ0) is 8.55. The number of hydrogen-bond donors (Lipinski definition) is 2. The molecule has 2 N–H and O–H groups in total. The van der Waals surface area contributed by atoms with Crippen molar-refractivity contribution in [3.05, 3.63) is 0 Å². The molecule has 3 heteroatoms. The third-order valence-electron chi connectivity index (χ3n) is 3.10. The van der Waals surface area contributed by atoms with Gasteiger partial charge in [-0.1, -0.05) is 0 Å². The van der Waals surface area contributed by atoms with E-state index in [1.807, 2.05) is 0 Å². The molecule has 2 aliphatic rings. The summed E-state index contributed by atoms with van der Waals surface area (Å²) in [5.41, 5.74) is 0. The van der Waals surface area contributed by atoms with Crippen molar-refractivity contribution in [2.24, 2.45) is 0 Å². The molecule has 2 saturated heterocycles. The van der Waals surface area contributed by atoms with Gasteiger partial charge in [0, 0.05) is 31.2 Å². The Morgan fingerprint density at radius 1 is 1.08 bits per heavy atom. The van der Waals surface area contributed by atoms with Crippen molar-refractivity contribution in [2.45, 2.75) is 31.0 Å². The molecule has 0 spiro atoms. The van der Waals surface area contributed by atoms with Crippen LogP contribution in [0, 0.1) is 0 Å². The Bertz CT molecular complexity index is 146. The highest BCUT2D eigenvalue weighted by atomic mass is 15.2. The van der Waals surface area contributed by atoms with Crippen LogP contribution < -0.4 is 10.6 Å². The molecule has 2 fully saturated rings. The highest BCUT2D eigenvalue weighted by Crippen LogP contribution is 2.19. The lowest BCUT2D eigenvalue weighted by molar-refractivity contribution is 0.149. The van der Waals surface area contributed by atoms with E-state index in [1.165, 1.54) is 12.8 Å². The van der Waals surface area contributed by atoms with Gasteiger partial charge in [-0.15, -0.1) is 0 Å². The molecule has 12 heavy (non-hydrogen) atoms. The van der Waals surface area contributed by atoms with Crippen LogP contribution in [-0.2, 0) is 0 Å². The summed E-state index contributed by atoms with van der Waals surface area (Å²) in [4.78, 5) is 2.37. The van der Waals surface area contributed by atoms with Gasteiger partial charge in [-0.25, -0.2) is 0 Å². The summed E-state index contributed by atoms with van der Waals surface area (Å²) in [6, 6.07) is 2.22. The predicted molar refractivity (Wildman–Crippen MR) is 50.3 cm³/mol. The van der Waals surface area contributed by atoms with Gasteiger partial charge in [0.2, 0.25) is 0 Å². The van der Waals surface area contributed by atoms with Crippen molar-refractivity contribution in [1.82, 2.24) is 15.5 Å². The Balaban J connectivity index is 1.96. The van der Waals surface area contributed by atoms with E-state index in [0.717, 1.165) is 19.1 Å². The molecule has 0 radical (unpaired) electrons. The van der Waals surface area contributed by atoms with Gasteiger partial charge in [-0.2, -0.15) is 0 Å². The molecule has 0 aromatic heterocycles. The first-order valence-corrected chi connectivity index (χ1v) is 4.89. The lowest BCUT2D eigenvalue weighted by atomic mass is 9.90. The lowest BCUT2D eigenvalue weighted by Crippen LogP contribution is -2.61. The van der Waals surface area contributed by atoms with E-state index in [1.54, 1.807) is 0 Å². The molecule has 2 unspecified atom stereocenters. The monoisotopic (exact) mass is 169 g/mol. The Morgan fingerprint density at radius 2 is 1.67 bits per heavy atom. The van der Waals surface area contributed by atoms with Gasteiger partial charge in [0.15, 0.2) is 0 Å². The molecule has 2 atom stereocenters. The van der Waals surface area contributed by atoms with Crippen LogP contribution in [0.5, 0.6) is 0 Å². The van der Waals surface area contributed by atoms with Gasteiger partial charge in [0.1, 0.15) is 0 Å². The molecular formula is C9H19N3. The van der Waals surface area contributed by atoms with Gasteiger partial charge in [-0.05, 0) is 26.9 Å². The van der Waals surface area contributed by atoms with Gasteiger partial charge in [-0.3, -0.25) is 0 Å². The Labute approximate surface area is 74.5 Å². The molecule has 3 nitrogen and oxygen atoms in total. The van der Waals surface area contributed by atoms with Crippen LogP contribution in [0.1, 0.15) is 12.8 Å². The summed E-state index contributed by atoms with van der Waals surface area (Å²) in [6.07, 6.45) is 2.60. The topological polar surface area (TPSA) is 27.3 Å². The minimum absolute atomic E-state index is 0.713. The minimum atomic E-state index is 0.713. The van der Waals surface area contributed by atoms with Crippen LogP contribution in [0.25, 0.3) is 0 Å². The summed E-state index contributed by atoms with van der Waals surface area (Å²) >= 11 is 0. The fraction of sp³-hybridized carbons (Fsp3) is 1.00. The molecule has 2 heterocycles. The van der Waals surface area contributed by atoms with Gasteiger partial charge < -0.3 is 15.5 Å². The second-order valence-corrected chi connectivity index (χ2v) is 4.31. The number of fused-ring (bicyclic) bond motifs is 2. The normalized spacial score (nSPS) is 41.8. The molecule has 70 valence electrons. The largest absolute Gasteiger partial charge is 0.314 e. The van der Waals surface area contributed by atoms with E-state index >= 15 is 0 Å². The molecular weight excluding hydrogens is 150 g/mol. The summed E-state index contributed by atoms with van der Waals surface area (Å²) in [6.45, 7) is 2.31. The molecule has 0 aromatic rings. The molecule has 0 aliphatic carbocycles. The summed E-state index contributed by atoms with van der Waals surface area (Å²) in [5, 5.41) is 7.11. The van der Waals surface area contributed by atoms with Crippen LogP contribution in [-0.4, -0.2) is 50.2 Å². The Kier molecular flexibility index (Phi) is 2.35. The van der Waals surface area contributed by atoms with Crippen LogP contribution in [0.2, 0.25) is 0 Å². The van der Waals surface area contributed by atoms with E-state index in [-0.39, 0.29) is 0 Å². The van der Waals surface area contributed by atoms with E-state index in [2.05, 4.69) is 29.6 Å². The third-order valence-corrected chi connectivity index (χ3v) is 3.10. The molecule has 0 amide bonds. The molecule has 0 saturated carbocycles. The van der Waals surface area contributed by atoms with Crippen LogP contribution in [0.15, 0.2) is 0 Å². The first-order chi connectivity index (χ1) is 5.75. The van der Waals surface area contributed by atoms with E-state index in [4.69, 9.17) is 0 Å². The van der Waals surface area contributed by atoms with Gasteiger partial charge in [0.25, 0.3) is 0 Å². The van der Waals surface area contributed by atoms with E-state index < -0.39 is 0 Å². The number of rotatable bonds is 1. The fourth-order valence-corrected chi connectivity index (χ4v) is 2.36. The van der Waals surface area contributed by atoms with Crippen LogP contribution >= 0.6 is 0 Å². The van der Waals surface area contributed by atoms with Crippen molar-refractivity contribution in [3.8, 4) is 0 Å². The molecule has 0 aromatic carbocycles. The summed E-state index contributed by atoms with van der Waals surface area (Å²) in [7, 11) is 4.39. The maximum Gasteiger partial charge on any atom is 0.0210 e. The zero-order valence-corrected chi connectivity index (χ0v) is 8.01. The summed E-state index contributed by atoms with van der Waals surface area (Å²) < 4.78 is 0. The predicted octanol–water partition coefficient (Wildman–Crippen LogP) is -0.360. The second-order valence-electron chi connectivity index (χ2n) is 4.31. The standard InChI is InChI=1S/C9H19N3/c1-12(2)9-3-7-5-10-6-8(4-9)11-7/h7-11H,3-6H2,1-2H3. The van der Waals surface area contributed by atoms with Crippen LogP contribution in [0.4, 0.5) is 0 Å². The number of piperazine rings is 1. The number of piperidine rings is 1. The highest BCUT2D eigenvalue weighted by Gasteiger charge is 2.31. The number of hydrogen-bond acceptors (Lipinski definition) is 3. The second kappa shape index (κ2) is 3.32. The van der Waals surface area contributed by atoms with Crippen LogP contribution in [0.3, 0.4) is 0 Å². The SMILES string of the molecule is CN(C)C1CC2CNCC(C1)N2. The summed E-state index contributed by atoms with van der Waals surface area (Å²) in [5.74, 6) is 0. The lowest BCUT2D eigenvalue weighted by Gasteiger charge is -2.42. The Hall–Kier alpha value is -0.120. The average molecular weight is 169 g/mol. The molecule has 2 aliphatic heterocycles. The number of nitrogens with zero attached hydrogens (tertiary/aromatic N) is 1. The van der Waals surface area contributed by atoms with Gasteiger partial charge >= 0.3 is 0 Å². The van der Waals surface area contributed by atoms with Crippen molar-refractivity contribution < 1.29 is 0 Å². The first-order valence-electron chi connectivity index (χ1n) is 4.89.